The molecule has 1 aliphatic rings. The first kappa shape index (κ1) is 20.5. The second kappa shape index (κ2) is 10.3. The van der Waals surface area contributed by atoms with Crippen molar-refractivity contribution in [3.8, 4) is 0 Å². The summed E-state index contributed by atoms with van der Waals surface area (Å²) in [7, 11) is 0. The average molecular weight is 415 g/mol. The van der Waals surface area contributed by atoms with E-state index in [4.69, 9.17) is 4.99 Å². The number of benzene rings is 3. The number of hydrogen-bond donors (Lipinski definition) is 1. The lowest BCUT2D eigenvalue weighted by Crippen LogP contribution is -2.26. The van der Waals surface area contributed by atoms with Gasteiger partial charge in [-0.05, 0) is 34.8 Å². The Morgan fingerprint density at radius 2 is 1.50 bits per heavy atom. The van der Waals surface area contributed by atoms with Crippen LogP contribution in [0.3, 0.4) is 0 Å². The predicted octanol–water partition coefficient (Wildman–Crippen LogP) is 5.37. The van der Waals surface area contributed by atoms with Gasteiger partial charge in [-0.3, -0.25) is 4.99 Å². The number of amidine groups is 1. The normalized spacial score (nSPS) is 16.5. The van der Waals surface area contributed by atoms with Crippen LogP contribution in [0.25, 0.3) is 6.08 Å². The minimum absolute atomic E-state index is 0.0785. The number of aliphatic hydroxyl groups excluding tert-OH is 1. The highest BCUT2D eigenvalue weighted by Gasteiger charge is 2.23. The minimum Gasteiger partial charge on any atom is -0.392 e. The van der Waals surface area contributed by atoms with E-state index in [0.717, 1.165) is 35.8 Å². The molecule has 0 saturated carbocycles. The van der Waals surface area contributed by atoms with Crippen LogP contribution in [-0.4, -0.2) is 28.3 Å². The molecule has 3 nitrogen and oxygen atoms in total. The minimum atomic E-state index is 0.0785. The summed E-state index contributed by atoms with van der Waals surface area (Å²) in [6, 6.07) is 29.1. The summed E-state index contributed by atoms with van der Waals surface area (Å²) >= 11 is 1.77. The van der Waals surface area contributed by atoms with Crippen LogP contribution in [0.4, 0.5) is 0 Å². The molecule has 4 heteroatoms. The maximum Gasteiger partial charge on any atom is 0.164 e. The fourth-order valence-corrected chi connectivity index (χ4v) is 4.47. The Balaban J connectivity index is 1.50. The second-order valence-corrected chi connectivity index (χ2v) is 8.45. The van der Waals surface area contributed by atoms with Gasteiger partial charge >= 0.3 is 0 Å². The standard InChI is InChI=1S/C26H26N2OS/c29-20-24-13-11-22(12-14-24)17-25-19-28(16-15-21-7-3-1-4-8-21)26(30-25)27-18-23-9-5-2-6-10-23/h1-14,17,29H,15-16,18-20H2/b25-17-,27-26-. The summed E-state index contributed by atoms with van der Waals surface area (Å²) in [5.74, 6) is 0. The quantitative estimate of drug-likeness (QED) is 0.565. The van der Waals surface area contributed by atoms with Crippen molar-refractivity contribution in [1.29, 1.82) is 0 Å². The van der Waals surface area contributed by atoms with Crippen LogP contribution in [0.1, 0.15) is 22.3 Å². The Hall–Kier alpha value is -2.82. The van der Waals surface area contributed by atoms with Crippen molar-refractivity contribution in [3.05, 3.63) is 112 Å². The van der Waals surface area contributed by atoms with Crippen LogP contribution < -0.4 is 0 Å². The Morgan fingerprint density at radius 3 is 2.17 bits per heavy atom. The fourth-order valence-electron chi connectivity index (χ4n) is 3.41. The first-order valence-electron chi connectivity index (χ1n) is 10.3. The molecule has 30 heavy (non-hydrogen) atoms. The van der Waals surface area contributed by atoms with E-state index in [0.29, 0.717) is 6.54 Å². The maximum atomic E-state index is 9.25. The summed E-state index contributed by atoms with van der Waals surface area (Å²) in [5.41, 5.74) is 4.67. The van der Waals surface area contributed by atoms with E-state index in [1.165, 1.54) is 16.0 Å². The fraction of sp³-hybridized carbons (Fsp3) is 0.192. The lowest BCUT2D eigenvalue weighted by molar-refractivity contribution is 0.282. The van der Waals surface area contributed by atoms with Gasteiger partial charge in [-0.25, -0.2) is 0 Å². The summed E-state index contributed by atoms with van der Waals surface area (Å²) in [6.45, 7) is 2.61. The topological polar surface area (TPSA) is 35.8 Å². The third kappa shape index (κ3) is 5.62. The van der Waals surface area contributed by atoms with Crippen molar-refractivity contribution < 1.29 is 5.11 Å². The molecule has 0 unspecified atom stereocenters. The monoisotopic (exact) mass is 414 g/mol. The molecule has 1 N–H and O–H groups in total. The zero-order valence-electron chi connectivity index (χ0n) is 16.9. The number of hydrogen-bond acceptors (Lipinski definition) is 3. The van der Waals surface area contributed by atoms with Crippen LogP contribution in [-0.2, 0) is 19.6 Å². The van der Waals surface area contributed by atoms with Crippen LogP contribution in [0.2, 0.25) is 0 Å². The molecule has 1 fully saturated rings. The van der Waals surface area contributed by atoms with E-state index in [1.807, 2.05) is 18.2 Å². The second-order valence-electron chi connectivity index (χ2n) is 7.35. The summed E-state index contributed by atoms with van der Waals surface area (Å²) in [5, 5.41) is 10.3. The molecule has 4 rings (SSSR count). The van der Waals surface area contributed by atoms with Crippen LogP contribution in [0.15, 0.2) is 94.8 Å². The Bertz CT molecular complexity index is 998. The highest BCUT2D eigenvalue weighted by molar-refractivity contribution is 8.17. The lowest BCUT2D eigenvalue weighted by atomic mass is 10.1. The highest BCUT2D eigenvalue weighted by Crippen LogP contribution is 2.31. The van der Waals surface area contributed by atoms with Crippen molar-refractivity contribution in [2.75, 3.05) is 13.1 Å². The first-order valence-corrected chi connectivity index (χ1v) is 11.1. The van der Waals surface area contributed by atoms with Crippen LogP contribution in [0, 0.1) is 0 Å². The van der Waals surface area contributed by atoms with Gasteiger partial charge in [0.05, 0.1) is 19.7 Å². The molecule has 1 aliphatic heterocycles. The number of aliphatic imine (C=N–C) groups is 1. The summed E-state index contributed by atoms with van der Waals surface area (Å²) < 4.78 is 0. The molecule has 0 aliphatic carbocycles. The van der Waals surface area contributed by atoms with Gasteiger partial charge in [-0.1, -0.05) is 96.7 Å². The van der Waals surface area contributed by atoms with Gasteiger partial charge in [0.25, 0.3) is 0 Å². The van der Waals surface area contributed by atoms with E-state index in [9.17, 15) is 5.11 Å². The molecular weight excluding hydrogens is 388 g/mol. The number of nitrogens with zero attached hydrogens (tertiary/aromatic N) is 2. The van der Waals surface area contributed by atoms with E-state index < -0.39 is 0 Å². The van der Waals surface area contributed by atoms with Crippen molar-refractivity contribution in [2.45, 2.75) is 19.6 Å². The van der Waals surface area contributed by atoms with Gasteiger partial charge in [-0.2, -0.15) is 0 Å². The molecule has 0 aromatic heterocycles. The molecule has 3 aromatic carbocycles. The van der Waals surface area contributed by atoms with Gasteiger partial charge in [-0.15, -0.1) is 0 Å². The SMILES string of the molecule is OCc1ccc(/C=C2/CN(CCc3ccccc3)/C(=N/Cc3ccccc3)S2)cc1. The zero-order chi connectivity index (χ0) is 20.6. The molecule has 1 saturated heterocycles. The number of aliphatic hydroxyl groups is 1. The van der Waals surface area contributed by atoms with Crippen molar-refractivity contribution in [2.24, 2.45) is 4.99 Å². The molecule has 0 atom stereocenters. The van der Waals surface area contributed by atoms with Gasteiger partial charge in [0.2, 0.25) is 0 Å². The molecule has 0 bridgehead atoms. The van der Waals surface area contributed by atoms with Crippen molar-refractivity contribution >= 4 is 23.0 Å². The van der Waals surface area contributed by atoms with Crippen molar-refractivity contribution in [3.63, 3.8) is 0 Å². The molecule has 1 heterocycles. The molecule has 3 aromatic rings. The predicted molar refractivity (Wildman–Crippen MR) is 127 cm³/mol. The van der Waals surface area contributed by atoms with Gasteiger partial charge in [0, 0.05) is 11.4 Å². The number of rotatable bonds is 7. The Morgan fingerprint density at radius 1 is 0.833 bits per heavy atom. The van der Waals surface area contributed by atoms with E-state index >= 15 is 0 Å². The third-order valence-electron chi connectivity index (χ3n) is 5.08. The molecule has 0 amide bonds. The van der Waals surface area contributed by atoms with E-state index in [2.05, 4.69) is 77.7 Å². The van der Waals surface area contributed by atoms with E-state index in [-0.39, 0.29) is 6.61 Å². The van der Waals surface area contributed by atoms with Crippen LogP contribution in [0.5, 0.6) is 0 Å². The third-order valence-corrected chi connectivity index (χ3v) is 6.16. The summed E-state index contributed by atoms with van der Waals surface area (Å²) in [4.78, 5) is 8.62. The highest BCUT2D eigenvalue weighted by atomic mass is 32.2. The lowest BCUT2D eigenvalue weighted by Gasteiger charge is -2.17. The van der Waals surface area contributed by atoms with Crippen LogP contribution >= 0.6 is 11.8 Å². The zero-order valence-corrected chi connectivity index (χ0v) is 17.8. The molecular formula is C26H26N2OS. The largest absolute Gasteiger partial charge is 0.392 e. The average Bonchev–Trinajstić information content (AvgIpc) is 3.19. The van der Waals surface area contributed by atoms with E-state index in [1.54, 1.807) is 11.8 Å². The first-order chi connectivity index (χ1) is 14.8. The summed E-state index contributed by atoms with van der Waals surface area (Å²) in [6.07, 6.45) is 3.23. The molecule has 0 spiro atoms. The number of thioether (sulfide) groups is 1. The Kier molecular flexibility index (Phi) is 7.01. The van der Waals surface area contributed by atoms with Gasteiger partial charge in [0.1, 0.15) is 0 Å². The molecule has 0 radical (unpaired) electrons. The van der Waals surface area contributed by atoms with Gasteiger partial charge in [0.15, 0.2) is 5.17 Å². The Labute approximate surface area is 182 Å². The van der Waals surface area contributed by atoms with Gasteiger partial charge < -0.3 is 10.0 Å². The molecule has 152 valence electrons. The maximum absolute atomic E-state index is 9.25. The smallest absolute Gasteiger partial charge is 0.164 e. The van der Waals surface area contributed by atoms with Crippen molar-refractivity contribution in [1.82, 2.24) is 4.90 Å².